The third-order valence-electron chi connectivity index (χ3n) is 14.3. The summed E-state index contributed by atoms with van der Waals surface area (Å²) in [5.74, 6) is 0. The van der Waals surface area contributed by atoms with Crippen LogP contribution in [0.5, 0.6) is 0 Å². The van der Waals surface area contributed by atoms with Gasteiger partial charge in [-0.25, -0.2) is 0 Å². The summed E-state index contributed by atoms with van der Waals surface area (Å²) in [6.07, 6.45) is 15.0. The lowest BCUT2D eigenvalue weighted by Gasteiger charge is -2.36. The van der Waals surface area contributed by atoms with Crippen molar-refractivity contribution in [1.82, 2.24) is 4.57 Å². The van der Waals surface area contributed by atoms with Gasteiger partial charge in [0.15, 0.2) is 0 Å². The zero-order valence-electron chi connectivity index (χ0n) is 35.0. The number of nitrogens with zero attached hydrogens (tertiary/aromatic N) is 2. The first kappa shape index (κ1) is 36.0. The fourth-order valence-electron chi connectivity index (χ4n) is 11.5. The smallest absolute Gasteiger partial charge is 0.0689 e. The Morgan fingerprint density at radius 2 is 1.10 bits per heavy atom. The van der Waals surface area contributed by atoms with E-state index in [0.29, 0.717) is 0 Å². The molecule has 8 aromatic carbocycles. The minimum absolute atomic E-state index is 0.134. The lowest BCUT2D eigenvalue weighted by atomic mass is 9.68. The van der Waals surface area contributed by atoms with Crippen LogP contribution in [-0.4, -0.2) is 10.6 Å². The van der Waals surface area contributed by atoms with Gasteiger partial charge in [-0.3, -0.25) is 0 Å². The van der Waals surface area contributed by atoms with Crippen molar-refractivity contribution in [3.63, 3.8) is 0 Å². The third kappa shape index (κ3) is 5.38. The topological polar surface area (TPSA) is 8.17 Å². The average Bonchev–Trinajstić information content (AvgIpc) is 3.97. The Bertz CT molecular complexity index is 3310. The summed E-state index contributed by atoms with van der Waals surface area (Å²) in [6.45, 7) is 0. The Morgan fingerprint density at radius 3 is 1.76 bits per heavy atom. The molecule has 63 heavy (non-hydrogen) atoms. The Balaban J connectivity index is 0.915. The van der Waals surface area contributed by atoms with Gasteiger partial charge in [0.1, 0.15) is 0 Å². The van der Waals surface area contributed by atoms with E-state index in [-0.39, 0.29) is 11.5 Å². The van der Waals surface area contributed by atoms with Crippen LogP contribution in [-0.2, 0) is 5.41 Å². The summed E-state index contributed by atoms with van der Waals surface area (Å²) < 4.78 is 2.39. The maximum Gasteiger partial charge on any atom is 0.0689 e. The van der Waals surface area contributed by atoms with Crippen LogP contribution < -0.4 is 4.90 Å². The Labute approximate surface area is 368 Å². The third-order valence-corrected chi connectivity index (χ3v) is 14.3. The molecule has 0 saturated carbocycles. The molecule has 13 rings (SSSR count). The van der Waals surface area contributed by atoms with Crippen molar-refractivity contribution in [3.05, 3.63) is 258 Å². The van der Waals surface area contributed by atoms with E-state index in [2.05, 4.69) is 234 Å². The molecule has 1 heterocycles. The lowest BCUT2D eigenvalue weighted by Crippen LogP contribution is -2.31. The monoisotopic (exact) mass is 804 g/mol. The number of para-hydroxylation sites is 2. The van der Waals surface area contributed by atoms with Crippen molar-refractivity contribution in [1.29, 1.82) is 0 Å². The predicted octanol–water partition coefficient (Wildman–Crippen LogP) is 15.4. The molecule has 298 valence electrons. The molecule has 0 amide bonds. The van der Waals surface area contributed by atoms with Crippen LogP contribution in [0.1, 0.15) is 47.1 Å². The van der Waals surface area contributed by atoms with Crippen molar-refractivity contribution >= 4 is 44.3 Å². The van der Waals surface area contributed by atoms with E-state index < -0.39 is 0 Å². The summed E-state index contributed by atoms with van der Waals surface area (Å²) >= 11 is 0. The van der Waals surface area contributed by atoms with E-state index in [1.165, 1.54) is 100 Å². The van der Waals surface area contributed by atoms with Gasteiger partial charge in [-0.2, -0.15) is 0 Å². The van der Waals surface area contributed by atoms with Gasteiger partial charge in [-0.05, 0) is 135 Å². The Morgan fingerprint density at radius 1 is 0.492 bits per heavy atom. The van der Waals surface area contributed by atoms with Crippen LogP contribution in [0, 0.1) is 0 Å². The number of anilines is 2. The molecule has 2 heteroatoms. The molecule has 1 unspecified atom stereocenters. The number of hydrogen-bond donors (Lipinski definition) is 0. The molecular formula is C61H44N2. The van der Waals surface area contributed by atoms with E-state index in [0.717, 1.165) is 19.3 Å². The molecule has 9 aromatic rings. The van der Waals surface area contributed by atoms with Gasteiger partial charge < -0.3 is 9.47 Å². The fourth-order valence-corrected chi connectivity index (χ4v) is 11.5. The van der Waals surface area contributed by atoms with Gasteiger partial charge in [0.25, 0.3) is 0 Å². The van der Waals surface area contributed by atoms with E-state index in [1.54, 1.807) is 5.57 Å². The highest BCUT2D eigenvalue weighted by molar-refractivity contribution is 6.09. The predicted molar refractivity (Wildman–Crippen MR) is 264 cm³/mol. The lowest BCUT2D eigenvalue weighted by molar-refractivity contribution is 0.712. The molecule has 0 aliphatic heterocycles. The van der Waals surface area contributed by atoms with Crippen molar-refractivity contribution in [2.45, 2.75) is 30.7 Å². The molecule has 1 aromatic heterocycles. The molecule has 4 aliphatic rings. The number of rotatable bonds is 6. The Kier molecular flexibility index (Phi) is 8.11. The zero-order valence-corrected chi connectivity index (χ0v) is 35.0. The quantitative estimate of drug-likeness (QED) is 0.163. The molecule has 1 atom stereocenters. The van der Waals surface area contributed by atoms with Crippen molar-refractivity contribution in [2.75, 3.05) is 4.90 Å². The first-order chi connectivity index (χ1) is 31.3. The van der Waals surface area contributed by atoms with Crippen molar-refractivity contribution in [3.8, 4) is 27.9 Å². The van der Waals surface area contributed by atoms with Crippen LogP contribution in [0.25, 0.3) is 60.9 Å². The minimum Gasteiger partial charge on any atom is -0.334 e. The maximum atomic E-state index is 2.58. The van der Waals surface area contributed by atoms with E-state index in [9.17, 15) is 0 Å². The normalized spacial score (nSPS) is 16.6. The summed E-state index contributed by atoms with van der Waals surface area (Å²) in [4.78, 5) is 2.58. The van der Waals surface area contributed by atoms with Crippen LogP contribution in [0.15, 0.2) is 230 Å². The second-order valence-corrected chi connectivity index (χ2v) is 17.4. The minimum atomic E-state index is -0.317. The highest BCUT2D eigenvalue weighted by atomic mass is 15.2. The van der Waals surface area contributed by atoms with Gasteiger partial charge in [0.05, 0.1) is 22.5 Å². The second-order valence-electron chi connectivity index (χ2n) is 17.4. The zero-order chi connectivity index (χ0) is 41.5. The SMILES string of the molecule is C1=CC2=C(CC1)C1(c3cc(N(c4ccc(-c5ccc(-n6c7ccccc7c7ccccc76)cc5)cc4)C4C=CC(c5ccccc5)=CC4)ccc32)c2ccccc2-c2ccccc21. The Hall–Kier alpha value is -7.68. The summed E-state index contributed by atoms with van der Waals surface area (Å²) in [5.41, 5.74) is 21.9. The average molecular weight is 805 g/mol. The maximum absolute atomic E-state index is 2.58. The van der Waals surface area contributed by atoms with E-state index in [4.69, 9.17) is 0 Å². The van der Waals surface area contributed by atoms with Gasteiger partial charge in [0, 0.05) is 27.8 Å². The van der Waals surface area contributed by atoms with Crippen molar-refractivity contribution in [2.24, 2.45) is 0 Å². The highest BCUT2D eigenvalue weighted by Gasteiger charge is 2.52. The number of aromatic nitrogens is 1. The molecular weight excluding hydrogens is 761 g/mol. The van der Waals surface area contributed by atoms with Crippen molar-refractivity contribution < 1.29 is 0 Å². The first-order valence-electron chi connectivity index (χ1n) is 22.4. The molecule has 2 nitrogen and oxygen atoms in total. The summed E-state index contributed by atoms with van der Waals surface area (Å²) in [6, 6.07) is 72.4. The largest absolute Gasteiger partial charge is 0.334 e. The molecule has 0 N–H and O–H groups in total. The number of allylic oxidation sites excluding steroid dienone is 6. The summed E-state index contributed by atoms with van der Waals surface area (Å²) in [7, 11) is 0. The number of fused-ring (bicyclic) bond motifs is 12. The number of hydrogen-bond acceptors (Lipinski definition) is 1. The molecule has 4 aliphatic carbocycles. The molecule has 1 spiro atoms. The van der Waals surface area contributed by atoms with Gasteiger partial charge in [0.2, 0.25) is 0 Å². The van der Waals surface area contributed by atoms with E-state index in [1.807, 2.05) is 0 Å². The molecule has 0 saturated heterocycles. The van der Waals surface area contributed by atoms with Crippen LogP contribution >= 0.6 is 0 Å². The molecule has 0 radical (unpaired) electrons. The fraction of sp³-hybridized carbons (Fsp3) is 0.0820. The van der Waals surface area contributed by atoms with Crippen LogP contribution in [0.3, 0.4) is 0 Å². The van der Waals surface area contributed by atoms with Gasteiger partial charge in [-0.15, -0.1) is 0 Å². The van der Waals surface area contributed by atoms with Crippen LogP contribution in [0.2, 0.25) is 0 Å². The highest BCUT2D eigenvalue weighted by Crippen LogP contribution is 2.64. The first-order valence-corrected chi connectivity index (χ1v) is 22.4. The van der Waals surface area contributed by atoms with E-state index >= 15 is 0 Å². The molecule has 0 bridgehead atoms. The molecule has 0 fully saturated rings. The van der Waals surface area contributed by atoms with Gasteiger partial charge >= 0.3 is 0 Å². The summed E-state index contributed by atoms with van der Waals surface area (Å²) in [5, 5.41) is 2.56. The van der Waals surface area contributed by atoms with Crippen LogP contribution in [0.4, 0.5) is 11.4 Å². The standard InChI is InChI=1S/C61H44N2/c1-2-14-41(15-3-1)42-26-32-45(33-27-42)62(46-34-28-43(29-35-46)44-30-36-47(37-31-44)63-59-24-12-7-19-53(59)54-20-8-13-25-60(54)63)48-38-39-52-51-18-6-11-23-57(51)61(58(52)40-48)55-21-9-4-16-49(55)50-17-5-10-22-56(50)61/h1-10,12-22,24-32,34-40,45H,11,23,33H2. The number of benzene rings is 8. The van der Waals surface area contributed by atoms with Gasteiger partial charge in [-0.1, -0.05) is 176 Å². The second kappa shape index (κ2) is 14.2.